The summed E-state index contributed by atoms with van der Waals surface area (Å²) in [6, 6.07) is 2.98. The Morgan fingerprint density at radius 3 is 3.05 bits per heavy atom. The normalized spacial score (nSPS) is 14.3. The predicted octanol–water partition coefficient (Wildman–Crippen LogP) is 1.17. The molecule has 0 unspecified atom stereocenters. The lowest BCUT2D eigenvalue weighted by Gasteiger charge is -2.04. The van der Waals surface area contributed by atoms with Crippen LogP contribution in [0.4, 0.5) is 0 Å². The first kappa shape index (κ1) is 11.7. The number of aromatic nitrogens is 2. The fourth-order valence-corrected chi connectivity index (χ4v) is 1.81. The Kier molecular flexibility index (Phi) is 2.91. The van der Waals surface area contributed by atoms with Crippen molar-refractivity contribution in [1.82, 2.24) is 15.3 Å². The molecule has 1 aliphatic rings. The Labute approximate surface area is 108 Å². The molecule has 1 saturated carbocycles. The topological polar surface area (TPSA) is 88.0 Å². The molecule has 0 radical (unpaired) electrons. The van der Waals surface area contributed by atoms with Crippen molar-refractivity contribution in [2.24, 2.45) is 0 Å². The van der Waals surface area contributed by atoms with Gasteiger partial charge < -0.3 is 14.7 Å². The number of amides is 1. The van der Waals surface area contributed by atoms with Crippen LogP contribution in [0.1, 0.15) is 40.6 Å². The fourth-order valence-electron chi connectivity index (χ4n) is 1.81. The molecule has 1 amide bonds. The van der Waals surface area contributed by atoms with Gasteiger partial charge in [0.2, 0.25) is 0 Å². The smallest absolute Gasteiger partial charge is 0.270 e. The molecule has 0 aliphatic heterocycles. The minimum atomic E-state index is -0.353. The lowest BCUT2D eigenvalue weighted by Crippen LogP contribution is -2.26. The molecular formula is C13H13N3O3. The largest absolute Gasteiger partial charge is 0.472 e. The highest BCUT2D eigenvalue weighted by Gasteiger charge is 2.27. The van der Waals surface area contributed by atoms with Crippen molar-refractivity contribution in [2.45, 2.75) is 25.3 Å². The van der Waals surface area contributed by atoms with Crippen molar-refractivity contribution in [3.05, 3.63) is 52.1 Å². The molecule has 1 fully saturated rings. The summed E-state index contributed by atoms with van der Waals surface area (Å²) in [5, 5.41) is 2.70. The lowest BCUT2D eigenvalue weighted by molar-refractivity contribution is 0.0945. The molecule has 2 aromatic heterocycles. The van der Waals surface area contributed by atoms with Crippen LogP contribution >= 0.6 is 0 Å². The maximum absolute atomic E-state index is 11.9. The summed E-state index contributed by atoms with van der Waals surface area (Å²) in [7, 11) is 0. The van der Waals surface area contributed by atoms with E-state index < -0.39 is 0 Å². The molecule has 2 aromatic rings. The van der Waals surface area contributed by atoms with Crippen LogP contribution in [-0.4, -0.2) is 15.9 Å². The molecule has 0 aromatic carbocycles. The summed E-state index contributed by atoms with van der Waals surface area (Å²) >= 11 is 0. The van der Waals surface area contributed by atoms with Crippen molar-refractivity contribution in [1.29, 1.82) is 0 Å². The van der Waals surface area contributed by atoms with Crippen molar-refractivity contribution in [3.8, 4) is 0 Å². The number of H-pyrrole nitrogens is 1. The fraction of sp³-hybridized carbons (Fsp3) is 0.308. The number of carbonyl (C=O) groups excluding carboxylic acids is 1. The van der Waals surface area contributed by atoms with Gasteiger partial charge in [-0.3, -0.25) is 9.59 Å². The van der Waals surface area contributed by atoms with E-state index in [0.717, 1.165) is 18.4 Å². The van der Waals surface area contributed by atoms with Gasteiger partial charge in [0.1, 0.15) is 11.5 Å². The SMILES string of the molecule is O=C(NCc1ccoc1)c1cc(=O)[nH]c(C2CC2)n1. The Hall–Kier alpha value is -2.37. The quantitative estimate of drug-likeness (QED) is 0.862. The van der Waals surface area contributed by atoms with E-state index in [1.54, 1.807) is 12.3 Å². The first-order chi connectivity index (χ1) is 9.22. The zero-order valence-corrected chi connectivity index (χ0v) is 10.2. The van der Waals surface area contributed by atoms with Crippen LogP contribution in [0.5, 0.6) is 0 Å². The highest BCUT2D eigenvalue weighted by Crippen LogP contribution is 2.37. The monoisotopic (exact) mass is 259 g/mol. The Balaban J connectivity index is 1.73. The van der Waals surface area contributed by atoms with Crippen LogP contribution in [0.3, 0.4) is 0 Å². The van der Waals surface area contributed by atoms with E-state index in [2.05, 4.69) is 15.3 Å². The maximum Gasteiger partial charge on any atom is 0.270 e. The van der Waals surface area contributed by atoms with Gasteiger partial charge in [-0.25, -0.2) is 4.98 Å². The number of rotatable bonds is 4. The second-order valence-corrected chi connectivity index (χ2v) is 4.60. The highest BCUT2D eigenvalue weighted by atomic mass is 16.3. The van der Waals surface area contributed by atoms with Crippen LogP contribution in [0.15, 0.2) is 33.9 Å². The molecule has 6 nitrogen and oxygen atoms in total. The average molecular weight is 259 g/mol. The number of aromatic amines is 1. The van der Waals surface area contributed by atoms with Gasteiger partial charge in [-0.05, 0) is 18.9 Å². The number of hydrogen-bond donors (Lipinski definition) is 2. The molecule has 0 bridgehead atoms. The van der Waals surface area contributed by atoms with Crippen molar-refractivity contribution in [2.75, 3.05) is 0 Å². The summed E-state index contributed by atoms with van der Waals surface area (Å²) in [6.45, 7) is 0.350. The van der Waals surface area contributed by atoms with Crippen molar-refractivity contribution in [3.63, 3.8) is 0 Å². The Morgan fingerprint density at radius 2 is 2.37 bits per heavy atom. The molecule has 1 aliphatic carbocycles. The molecule has 3 rings (SSSR count). The molecular weight excluding hydrogens is 246 g/mol. The van der Waals surface area contributed by atoms with Crippen molar-refractivity contribution < 1.29 is 9.21 Å². The number of carbonyl (C=O) groups is 1. The Bertz CT molecular complexity index is 641. The van der Waals surface area contributed by atoms with E-state index in [1.807, 2.05) is 0 Å². The first-order valence-electron chi connectivity index (χ1n) is 6.13. The van der Waals surface area contributed by atoms with Crippen LogP contribution < -0.4 is 10.9 Å². The molecule has 6 heteroatoms. The molecule has 2 heterocycles. The zero-order valence-electron chi connectivity index (χ0n) is 10.2. The third-order valence-corrected chi connectivity index (χ3v) is 2.99. The predicted molar refractivity (Wildman–Crippen MR) is 66.7 cm³/mol. The summed E-state index contributed by atoms with van der Waals surface area (Å²) in [5.41, 5.74) is 0.736. The summed E-state index contributed by atoms with van der Waals surface area (Å²) in [4.78, 5) is 30.3. The number of furan rings is 1. The van der Waals surface area contributed by atoms with Gasteiger partial charge >= 0.3 is 0 Å². The summed E-state index contributed by atoms with van der Waals surface area (Å²) < 4.78 is 4.91. The van der Waals surface area contributed by atoms with E-state index in [1.165, 1.54) is 12.3 Å². The van der Waals surface area contributed by atoms with Crippen molar-refractivity contribution >= 4 is 5.91 Å². The Morgan fingerprint density at radius 1 is 1.53 bits per heavy atom. The van der Waals surface area contributed by atoms with Gasteiger partial charge in [0, 0.05) is 24.1 Å². The van der Waals surface area contributed by atoms with Gasteiger partial charge in [-0.1, -0.05) is 0 Å². The minimum Gasteiger partial charge on any atom is -0.472 e. The number of hydrogen-bond acceptors (Lipinski definition) is 4. The molecule has 0 spiro atoms. The second-order valence-electron chi connectivity index (χ2n) is 4.60. The zero-order chi connectivity index (χ0) is 13.2. The first-order valence-corrected chi connectivity index (χ1v) is 6.13. The van der Waals surface area contributed by atoms with E-state index in [-0.39, 0.29) is 17.2 Å². The molecule has 19 heavy (non-hydrogen) atoms. The number of nitrogens with one attached hydrogen (secondary N) is 2. The third-order valence-electron chi connectivity index (χ3n) is 2.99. The second kappa shape index (κ2) is 4.72. The van der Waals surface area contributed by atoms with Crippen LogP contribution in [-0.2, 0) is 6.54 Å². The van der Waals surface area contributed by atoms with Gasteiger partial charge in [-0.15, -0.1) is 0 Å². The third kappa shape index (κ3) is 2.73. The van der Waals surface area contributed by atoms with Crippen LogP contribution in [0.2, 0.25) is 0 Å². The molecule has 98 valence electrons. The van der Waals surface area contributed by atoms with Gasteiger partial charge in [-0.2, -0.15) is 0 Å². The maximum atomic E-state index is 11.9. The number of nitrogens with zero attached hydrogens (tertiary/aromatic N) is 1. The van der Waals surface area contributed by atoms with E-state index >= 15 is 0 Å². The standard InChI is InChI=1S/C13H13N3O3/c17-11-5-10(15-12(16-11)9-1-2-9)13(18)14-6-8-3-4-19-7-8/h3-5,7,9H,1-2,6H2,(H,14,18)(H,15,16,17). The molecule has 0 atom stereocenters. The highest BCUT2D eigenvalue weighted by molar-refractivity contribution is 5.92. The summed E-state index contributed by atoms with van der Waals surface area (Å²) in [5.74, 6) is 0.560. The van der Waals surface area contributed by atoms with Crippen LogP contribution in [0.25, 0.3) is 0 Å². The van der Waals surface area contributed by atoms with E-state index in [0.29, 0.717) is 18.3 Å². The van der Waals surface area contributed by atoms with E-state index in [9.17, 15) is 9.59 Å². The molecule has 0 saturated heterocycles. The van der Waals surface area contributed by atoms with Crippen LogP contribution in [0, 0.1) is 0 Å². The van der Waals surface area contributed by atoms with E-state index in [4.69, 9.17) is 4.42 Å². The molecule has 2 N–H and O–H groups in total. The van der Waals surface area contributed by atoms with Gasteiger partial charge in [0.05, 0.1) is 12.5 Å². The van der Waals surface area contributed by atoms with Gasteiger partial charge in [0.15, 0.2) is 0 Å². The summed E-state index contributed by atoms with van der Waals surface area (Å²) in [6.07, 6.45) is 5.13. The minimum absolute atomic E-state index is 0.161. The lowest BCUT2D eigenvalue weighted by atomic mass is 10.3. The average Bonchev–Trinajstić information content (AvgIpc) is 3.13. The van der Waals surface area contributed by atoms with Gasteiger partial charge in [0.25, 0.3) is 11.5 Å².